The van der Waals surface area contributed by atoms with Crippen LogP contribution in [0.3, 0.4) is 0 Å². The summed E-state index contributed by atoms with van der Waals surface area (Å²) in [7, 11) is 0. The van der Waals surface area contributed by atoms with E-state index in [-0.39, 0.29) is 17.8 Å². The number of piperidine rings is 1. The summed E-state index contributed by atoms with van der Waals surface area (Å²) in [6.07, 6.45) is 6.67. The topological polar surface area (TPSA) is 84.4 Å². The minimum absolute atomic E-state index is 0.143. The molecule has 0 aliphatic carbocycles. The van der Waals surface area contributed by atoms with Crippen LogP contribution < -0.4 is 15.0 Å². The largest absolute Gasteiger partial charge is 0.426 e. The number of anilines is 2. The van der Waals surface area contributed by atoms with Crippen molar-refractivity contribution in [2.24, 2.45) is 5.92 Å². The Labute approximate surface area is 146 Å². The molecule has 1 fully saturated rings. The molecule has 0 bridgehead atoms. The third-order valence-corrected chi connectivity index (χ3v) is 4.02. The first-order valence-electron chi connectivity index (χ1n) is 8.22. The zero-order chi connectivity index (χ0) is 17.6. The lowest BCUT2D eigenvalue weighted by molar-refractivity contribution is -0.139. The smallest absolute Gasteiger partial charge is 0.316 e. The molecule has 25 heavy (non-hydrogen) atoms. The highest BCUT2D eigenvalue weighted by molar-refractivity contribution is 5.88. The number of nitrogens with one attached hydrogen (secondary N) is 1. The van der Waals surface area contributed by atoms with Gasteiger partial charge in [0.15, 0.2) is 0 Å². The van der Waals surface area contributed by atoms with Crippen molar-refractivity contribution in [3.8, 4) is 5.75 Å². The minimum Gasteiger partial charge on any atom is -0.426 e. The Bertz CT molecular complexity index is 734. The van der Waals surface area contributed by atoms with Gasteiger partial charge in [-0.05, 0) is 37.1 Å². The zero-order valence-corrected chi connectivity index (χ0v) is 14.0. The number of hydrogen-bond donors (Lipinski definition) is 1. The predicted molar refractivity (Wildman–Crippen MR) is 93.3 cm³/mol. The van der Waals surface area contributed by atoms with Gasteiger partial charge in [0.2, 0.25) is 5.91 Å². The number of rotatable bonds is 4. The average molecular weight is 340 g/mol. The Morgan fingerprint density at radius 3 is 2.72 bits per heavy atom. The highest BCUT2D eigenvalue weighted by Crippen LogP contribution is 2.23. The molecule has 1 aliphatic rings. The second-order valence-corrected chi connectivity index (χ2v) is 5.98. The van der Waals surface area contributed by atoms with E-state index in [4.69, 9.17) is 4.74 Å². The molecule has 1 amide bonds. The molecule has 2 heterocycles. The van der Waals surface area contributed by atoms with Gasteiger partial charge in [0.25, 0.3) is 0 Å². The van der Waals surface area contributed by atoms with Crippen molar-refractivity contribution in [2.45, 2.75) is 19.8 Å². The first-order valence-corrected chi connectivity index (χ1v) is 8.22. The molecule has 1 atom stereocenters. The summed E-state index contributed by atoms with van der Waals surface area (Å²) in [5.74, 6) is 0.651. The van der Waals surface area contributed by atoms with Crippen LogP contribution in [0.4, 0.5) is 11.5 Å². The van der Waals surface area contributed by atoms with Crippen molar-refractivity contribution < 1.29 is 14.3 Å². The number of carbonyl (C=O) groups excluding carboxylic acids is 2. The van der Waals surface area contributed by atoms with Crippen LogP contribution in [0.1, 0.15) is 19.8 Å². The minimum atomic E-state index is -0.249. The summed E-state index contributed by atoms with van der Waals surface area (Å²) in [5.41, 5.74) is 0.666. The molecule has 0 radical (unpaired) electrons. The fraction of sp³-hybridized carbons (Fsp3) is 0.333. The van der Waals surface area contributed by atoms with Gasteiger partial charge in [-0.2, -0.15) is 0 Å². The maximum atomic E-state index is 12.5. The number of benzene rings is 1. The van der Waals surface area contributed by atoms with Gasteiger partial charge in [0, 0.05) is 38.1 Å². The van der Waals surface area contributed by atoms with Crippen LogP contribution in [0.2, 0.25) is 0 Å². The van der Waals surface area contributed by atoms with Crippen LogP contribution >= 0.6 is 0 Å². The van der Waals surface area contributed by atoms with Crippen molar-refractivity contribution in [1.82, 2.24) is 9.97 Å². The quantitative estimate of drug-likeness (QED) is 0.679. The molecular weight excluding hydrogens is 320 g/mol. The van der Waals surface area contributed by atoms with Gasteiger partial charge in [-0.1, -0.05) is 0 Å². The van der Waals surface area contributed by atoms with Crippen molar-refractivity contribution in [3.63, 3.8) is 0 Å². The van der Waals surface area contributed by atoms with Crippen molar-refractivity contribution >= 4 is 23.4 Å². The van der Waals surface area contributed by atoms with E-state index in [1.165, 1.54) is 6.92 Å². The van der Waals surface area contributed by atoms with E-state index in [9.17, 15) is 9.59 Å². The molecule has 7 heteroatoms. The fourth-order valence-electron chi connectivity index (χ4n) is 2.84. The number of nitrogens with zero attached hydrogens (tertiary/aromatic N) is 3. The molecular formula is C18H20N4O3. The molecule has 0 unspecified atom stereocenters. The molecule has 3 rings (SSSR count). The lowest BCUT2D eigenvalue weighted by Gasteiger charge is -2.32. The Kier molecular flexibility index (Phi) is 5.23. The maximum absolute atomic E-state index is 12.5. The van der Waals surface area contributed by atoms with Crippen molar-refractivity contribution in [2.75, 3.05) is 23.3 Å². The molecule has 2 aromatic rings. The van der Waals surface area contributed by atoms with Gasteiger partial charge in [0.05, 0.1) is 12.1 Å². The summed E-state index contributed by atoms with van der Waals surface area (Å²) in [6, 6.07) is 6.76. The molecule has 1 aromatic carbocycles. The molecule has 1 N–H and O–H groups in total. The number of hydrogen-bond acceptors (Lipinski definition) is 6. The van der Waals surface area contributed by atoms with Gasteiger partial charge in [-0.3, -0.25) is 14.6 Å². The van der Waals surface area contributed by atoms with Crippen LogP contribution in [0.25, 0.3) is 0 Å². The SMILES string of the molecule is CC(=O)Nc1ccc(OC(=O)[C@@H]2CCCN(c3cnccn3)C2)cc1. The Balaban J connectivity index is 1.60. The first-order chi connectivity index (χ1) is 12.1. The summed E-state index contributed by atoms with van der Waals surface area (Å²) in [6.45, 7) is 2.87. The van der Waals surface area contributed by atoms with Crippen molar-refractivity contribution in [1.29, 1.82) is 0 Å². The third-order valence-electron chi connectivity index (χ3n) is 4.02. The van der Waals surface area contributed by atoms with E-state index < -0.39 is 0 Å². The predicted octanol–water partition coefficient (Wildman–Crippen LogP) is 2.26. The van der Waals surface area contributed by atoms with Crippen molar-refractivity contribution in [3.05, 3.63) is 42.9 Å². The molecule has 1 saturated heterocycles. The number of ether oxygens (including phenoxy) is 1. The summed E-state index contributed by atoms with van der Waals surface area (Å²) < 4.78 is 5.48. The zero-order valence-electron chi connectivity index (χ0n) is 14.0. The highest BCUT2D eigenvalue weighted by Gasteiger charge is 2.28. The number of esters is 1. The Morgan fingerprint density at radius 2 is 2.04 bits per heavy atom. The van der Waals surface area contributed by atoms with Gasteiger partial charge in [0.1, 0.15) is 11.6 Å². The Hall–Kier alpha value is -2.96. The highest BCUT2D eigenvalue weighted by atomic mass is 16.5. The molecule has 130 valence electrons. The second kappa shape index (κ2) is 7.74. The van der Waals surface area contributed by atoms with E-state index in [1.54, 1.807) is 42.9 Å². The van der Waals surface area contributed by atoms with E-state index in [0.717, 1.165) is 25.2 Å². The lowest BCUT2D eigenvalue weighted by atomic mass is 9.98. The molecule has 0 spiro atoms. The normalized spacial score (nSPS) is 17.0. The van der Waals surface area contributed by atoms with Crippen LogP contribution in [0, 0.1) is 5.92 Å². The monoisotopic (exact) mass is 340 g/mol. The number of carbonyl (C=O) groups is 2. The summed E-state index contributed by atoms with van der Waals surface area (Å²) in [5, 5.41) is 2.67. The molecule has 1 aliphatic heterocycles. The van der Waals surface area contributed by atoms with E-state index >= 15 is 0 Å². The maximum Gasteiger partial charge on any atom is 0.316 e. The van der Waals surface area contributed by atoms with Gasteiger partial charge < -0.3 is 15.0 Å². The fourth-order valence-corrected chi connectivity index (χ4v) is 2.84. The van der Waals surface area contributed by atoms with Gasteiger partial charge >= 0.3 is 5.97 Å². The van der Waals surface area contributed by atoms with Crippen LogP contribution in [0.15, 0.2) is 42.9 Å². The van der Waals surface area contributed by atoms with E-state index in [1.807, 2.05) is 0 Å². The lowest BCUT2D eigenvalue weighted by Crippen LogP contribution is -2.40. The van der Waals surface area contributed by atoms with Gasteiger partial charge in [-0.15, -0.1) is 0 Å². The second-order valence-electron chi connectivity index (χ2n) is 5.98. The van der Waals surface area contributed by atoms with E-state index in [0.29, 0.717) is 18.0 Å². The van der Waals surface area contributed by atoms with Crippen LogP contribution in [0.5, 0.6) is 5.75 Å². The number of amides is 1. The first kappa shape index (κ1) is 16.9. The third kappa shape index (κ3) is 4.53. The van der Waals surface area contributed by atoms with Crippen LogP contribution in [-0.4, -0.2) is 34.9 Å². The number of aromatic nitrogens is 2. The average Bonchev–Trinajstić information content (AvgIpc) is 2.64. The van der Waals surface area contributed by atoms with E-state index in [2.05, 4.69) is 20.2 Å². The molecule has 7 nitrogen and oxygen atoms in total. The summed E-state index contributed by atoms with van der Waals surface area (Å²) in [4.78, 5) is 33.9. The molecule has 0 saturated carbocycles. The van der Waals surface area contributed by atoms with Crippen LogP contribution in [-0.2, 0) is 9.59 Å². The molecule has 1 aromatic heterocycles. The Morgan fingerprint density at radius 1 is 1.24 bits per heavy atom. The van der Waals surface area contributed by atoms with Gasteiger partial charge in [-0.25, -0.2) is 4.98 Å². The standard InChI is InChI=1S/C18H20N4O3/c1-13(23)21-15-4-6-16(7-5-15)25-18(24)14-3-2-10-22(12-14)17-11-19-8-9-20-17/h4-9,11,14H,2-3,10,12H2,1H3,(H,21,23)/t14-/m1/s1. The summed E-state index contributed by atoms with van der Waals surface area (Å²) >= 11 is 0.